The number of halogens is 3. The van der Waals surface area contributed by atoms with E-state index >= 15 is 0 Å². The third kappa shape index (κ3) is 24.0. The second-order valence-corrected chi connectivity index (χ2v) is 38.1. The van der Waals surface area contributed by atoms with Crippen molar-refractivity contribution in [3.05, 3.63) is 354 Å². The molecule has 0 aliphatic carbocycles. The number of hydrogen-bond acceptors (Lipinski definition) is 15. The second-order valence-electron chi connectivity index (χ2n) is 35.5. The van der Waals surface area contributed by atoms with E-state index < -0.39 is 11.8 Å². The first-order valence-electron chi connectivity index (χ1n) is 47.1. The van der Waals surface area contributed by atoms with Crippen molar-refractivity contribution in [2.24, 2.45) is 11.5 Å². The van der Waals surface area contributed by atoms with Gasteiger partial charge in [0.2, 0.25) is 29.5 Å². The molecule has 0 saturated carbocycles. The van der Waals surface area contributed by atoms with Gasteiger partial charge in [0.1, 0.15) is 11.5 Å². The molecule has 1 fully saturated rings. The molecule has 11 aromatic carbocycles. The number of likely N-dealkylation sites (tertiary alicyclic amines) is 1. The zero-order valence-electron chi connectivity index (χ0n) is 80.3. The van der Waals surface area contributed by atoms with Crippen LogP contribution in [0.15, 0.2) is 285 Å². The fourth-order valence-corrected chi connectivity index (χ4v) is 20.6. The number of fused-ring (bicyclic) bond motifs is 4. The average molecular weight is 1980 g/mol. The lowest BCUT2D eigenvalue weighted by molar-refractivity contribution is -0.120. The topological polar surface area (TPSA) is 297 Å². The summed E-state index contributed by atoms with van der Waals surface area (Å²) in [5.74, 6) is -0.249. The molecule has 141 heavy (non-hydrogen) atoms. The Balaban J connectivity index is 0.000000150. The van der Waals surface area contributed by atoms with Gasteiger partial charge in [0.05, 0.1) is 48.7 Å². The van der Waals surface area contributed by atoms with E-state index in [4.69, 9.17) is 60.5 Å². The standard InChI is InChI=1S/C33H36ClN3O4.C28H28ClN3O4.C27H26ClN3O4.C24H24N2O2S/c1-4-41-33(40)35-19-17-25(18-20-35)24-9-11-26(12-10-24)32(39)36-22(2)21-31(29-7-5-6-8-30(29)36)37(23(3)38)28-15-13-27(34)14-16-28;1-18-17-26(32(19(2)33)22-11-9-21(29)10-12-22)24-5-3-4-6-25(24)31(18)28(35)20-7-13-23(14-8-20)36-16-15-27(30)34;1-17-15-25(31(18(2)32)21-11-9-20(28)10-12-21)23-5-3-4-6-24(23)30(17)27(34)19-7-13-22(14-8-19)35-16-26(29)33;1-16-15-22(26(18(3)27)19-9-5-4-6-10-19)20-11-7-8-12-21(20)25(16)24(28)23-14-13-17(2)29-23/h5-16,22,25,31H,4,17-21H2,1-3H3;3-14,18,26H,15-17H2,1-2H3,(H2,30,34);3-14,17,25H,15-16H2,1-2H3,(H2,29,33);4-14,16,22H,15H2,1-3H3/t22-,31+;18-,26+;17-,25+;16-,22+/m0000/s1. The molecule has 4 N–H and O–H groups in total. The molecule has 5 aliphatic heterocycles. The Labute approximate surface area is 841 Å². The maximum absolute atomic E-state index is 13.9. The number of piperidine rings is 1. The summed E-state index contributed by atoms with van der Waals surface area (Å²) in [6.45, 7) is 19.8. The number of hydrogen-bond donors (Lipinski definition) is 2. The minimum Gasteiger partial charge on any atom is -0.493 e. The van der Waals surface area contributed by atoms with Crippen molar-refractivity contribution in [3.8, 4) is 11.5 Å². The summed E-state index contributed by atoms with van der Waals surface area (Å²) in [5, 5.41) is 1.80. The van der Waals surface area contributed by atoms with E-state index in [-0.39, 0.29) is 121 Å². The summed E-state index contributed by atoms with van der Waals surface area (Å²) in [7, 11) is 0. The van der Waals surface area contributed by atoms with Crippen molar-refractivity contribution in [3.63, 3.8) is 0 Å². The summed E-state index contributed by atoms with van der Waals surface area (Å²) in [6.07, 6.45) is 4.02. The number of carbonyl (C=O) groups excluding carboxylic acids is 11. The van der Waals surface area contributed by atoms with Crippen molar-refractivity contribution >= 4 is 157 Å². The van der Waals surface area contributed by atoms with Crippen LogP contribution in [0.3, 0.4) is 0 Å². The Hall–Kier alpha value is -14.4. The number of amides is 11. The fraction of sp³-hybridized carbons (Fsp3) is 0.277. The molecule has 0 radical (unpaired) electrons. The molecule has 5 aliphatic rings. The van der Waals surface area contributed by atoms with Crippen LogP contribution in [0.5, 0.6) is 11.5 Å². The van der Waals surface area contributed by atoms with Gasteiger partial charge < -0.3 is 69.8 Å². The van der Waals surface area contributed by atoms with Gasteiger partial charge in [-0.05, 0) is 296 Å². The van der Waals surface area contributed by atoms with Gasteiger partial charge in [-0.25, -0.2) is 4.79 Å². The van der Waals surface area contributed by atoms with Crippen LogP contribution in [0.1, 0.15) is 211 Å². The van der Waals surface area contributed by atoms with Crippen molar-refractivity contribution in [2.75, 3.05) is 72.1 Å². The Morgan fingerprint density at radius 3 is 0.993 bits per heavy atom. The van der Waals surface area contributed by atoms with E-state index in [9.17, 15) is 52.7 Å². The molecule has 17 rings (SSSR count). The third-order valence-electron chi connectivity index (χ3n) is 25.9. The highest BCUT2D eigenvalue weighted by Gasteiger charge is 2.44. The van der Waals surface area contributed by atoms with Gasteiger partial charge in [-0.15, -0.1) is 11.3 Å². The lowest BCUT2D eigenvalue weighted by atomic mass is 9.88. The SMILES string of the molecule is CC(=O)N(c1ccc(Cl)cc1)[C@@H]1C[C@H](C)N(C(=O)c2ccc(OCC(N)=O)cc2)c2ccccc21.CC(=O)N(c1ccc(Cl)cc1)[C@@H]1C[C@H](C)N(C(=O)c2ccc(OCCC(N)=O)cc2)c2ccccc21.CC(=O)N(c1ccccc1)[C@@H]1C[C@H](C)N(C(=O)c2ccc(C)s2)c2ccccc21.CCOC(=O)N1CCC(c2ccc(C(=O)N3c4ccccc4[C@H](N(C(C)=O)c4ccc(Cl)cc4)C[C@@H]3C)cc2)CC1. The van der Waals surface area contributed by atoms with Gasteiger partial charge in [0, 0.05) is 147 Å². The molecule has 1 saturated heterocycles. The molecule has 25 nitrogen and oxygen atoms in total. The van der Waals surface area contributed by atoms with E-state index in [1.165, 1.54) is 16.9 Å². The highest BCUT2D eigenvalue weighted by atomic mass is 35.5. The predicted octanol–water partition coefficient (Wildman–Crippen LogP) is 22.7. The minimum atomic E-state index is -0.573. The smallest absolute Gasteiger partial charge is 0.409 e. The maximum atomic E-state index is 13.9. The molecule has 0 bridgehead atoms. The molecule has 12 aromatic rings. The molecular formula is C112H114Cl3N11O14S. The number of primary amides is 2. The number of nitrogens with two attached hydrogens (primary N) is 2. The van der Waals surface area contributed by atoms with Gasteiger partial charge in [-0.1, -0.05) is 138 Å². The number of nitrogens with zero attached hydrogens (tertiary/aromatic N) is 9. The number of aryl methyl sites for hydroxylation is 1. The first kappa shape index (κ1) is 102. The molecule has 0 spiro atoms. The van der Waals surface area contributed by atoms with E-state index in [2.05, 4.69) is 6.92 Å². The predicted molar refractivity (Wildman–Crippen MR) is 557 cm³/mol. The van der Waals surface area contributed by atoms with Crippen molar-refractivity contribution in [2.45, 2.75) is 168 Å². The first-order chi connectivity index (χ1) is 67.8. The van der Waals surface area contributed by atoms with E-state index in [0.717, 1.165) is 90.3 Å². The Morgan fingerprint density at radius 1 is 0.369 bits per heavy atom. The molecule has 0 unspecified atom stereocenters. The van der Waals surface area contributed by atoms with Crippen LogP contribution in [0.25, 0.3) is 0 Å². The monoisotopic (exact) mass is 1970 g/mol. The van der Waals surface area contributed by atoms with Crippen molar-refractivity contribution in [1.82, 2.24) is 4.90 Å². The van der Waals surface area contributed by atoms with Gasteiger partial charge in [-0.2, -0.15) is 0 Å². The van der Waals surface area contributed by atoms with Crippen LogP contribution in [0.2, 0.25) is 15.1 Å². The molecule has 8 atom stereocenters. The van der Waals surface area contributed by atoms with Crippen LogP contribution in [0, 0.1) is 6.92 Å². The van der Waals surface area contributed by atoms with Gasteiger partial charge in [0.15, 0.2) is 6.61 Å². The molecule has 6 heterocycles. The third-order valence-corrected chi connectivity index (χ3v) is 27.6. The number of thiophene rings is 1. The Morgan fingerprint density at radius 2 is 0.681 bits per heavy atom. The lowest BCUT2D eigenvalue weighted by Crippen LogP contribution is -2.47. The molecule has 11 amide bonds. The fourth-order valence-electron chi connectivity index (χ4n) is 19.5. The lowest BCUT2D eigenvalue weighted by Gasteiger charge is -2.43. The summed E-state index contributed by atoms with van der Waals surface area (Å²) < 4.78 is 15.9. The zero-order valence-corrected chi connectivity index (χ0v) is 83.3. The Kier molecular flexibility index (Phi) is 33.8. The molecule has 29 heteroatoms. The zero-order chi connectivity index (χ0) is 101. The summed E-state index contributed by atoms with van der Waals surface area (Å²) in [4.78, 5) is 158. The van der Waals surface area contributed by atoms with Gasteiger partial charge >= 0.3 is 6.09 Å². The number of benzene rings is 11. The Bertz CT molecular complexity index is 6510. The summed E-state index contributed by atoms with van der Waals surface area (Å²) in [6, 6.07) is 86.4. The summed E-state index contributed by atoms with van der Waals surface area (Å²) >= 11 is 19.8. The minimum absolute atomic E-state index is 0.00291. The van der Waals surface area contributed by atoms with Crippen LogP contribution in [-0.4, -0.2) is 127 Å². The first-order valence-corrected chi connectivity index (χ1v) is 49.0. The molecule has 1 aromatic heterocycles. The van der Waals surface area contributed by atoms with Crippen molar-refractivity contribution < 1.29 is 67.0 Å². The normalized spacial score (nSPS) is 17.7. The van der Waals surface area contributed by atoms with Crippen LogP contribution < -0.4 is 60.1 Å². The highest BCUT2D eigenvalue weighted by molar-refractivity contribution is 7.14. The maximum Gasteiger partial charge on any atom is 0.409 e. The molecule has 728 valence electrons. The number of anilines is 8. The average Bonchev–Trinajstić information content (AvgIpc) is 1.35. The number of carbonyl (C=O) groups is 11. The van der Waals surface area contributed by atoms with Crippen LogP contribution in [0.4, 0.5) is 50.3 Å². The van der Waals surface area contributed by atoms with Gasteiger partial charge in [-0.3, -0.25) is 47.9 Å². The molecular weight excluding hydrogens is 1860 g/mol. The van der Waals surface area contributed by atoms with E-state index in [1.54, 1.807) is 142 Å². The van der Waals surface area contributed by atoms with Crippen molar-refractivity contribution in [1.29, 1.82) is 0 Å². The van der Waals surface area contributed by atoms with E-state index in [0.29, 0.717) is 94.6 Å². The van der Waals surface area contributed by atoms with E-state index in [1.807, 2.05) is 250 Å². The number of rotatable bonds is 21. The number of para-hydroxylation sites is 5. The van der Waals surface area contributed by atoms with Crippen LogP contribution in [-0.2, 0) is 33.5 Å². The van der Waals surface area contributed by atoms with Crippen LogP contribution >= 0.6 is 46.1 Å². The largest absolute Gasteiger partial charge is 0.493 e. The highest BCUT2D eigenvalue weighted by Crippen LogP contribution is 2.49. The number of ether oxygens (including phenoxy) is 3. The second kappa shape index (κ2) is 46.6. The quantitative estimate of drug-likeness (QED) is 0.0676. The summed E-state index contributed by atoms with van der Waals surface area (Å²) in [5.41, 5.74) is 23.2. The van der Waals surface area contributed by atoms with Gasteiger partial charge in [0.25, 0.3) is 29.5 Å².